The van der Waals surface area contributed by atoms with Crippen LogP contribution in [-0.4, -0.2) is 34.9 Å². The van der Waals surface area contributed by atoms with Crippen LogP contribution in [0.4, 0.5) is 0 Å². The fraction of sp³-hybridized carbons (Fsp3) is 0.574. The van der Waals surface area contributed by atoms with Crippen molar-refractivity contribution < 1.29 is 15.0 Å². The Balaban J connectivity index is 3.58. The molecule has 0 saturated heterocycles. The minimum Gasteiger partial charge on any atom is -0.394 e. The third kappa shape index (κ3) is 43.6. The van der Waals surface area contributed by atoms with E-state index in [4.69, 9.17) is 0 Å². The number of hydrogen-bond donors (Lipinski definition) is 3. The van der Waals surface area contributed by atoms with Gasteiger partial charge in [0.15, 0.2) is 0 Å². The van der Waals surface area contributed by atoms with Gasteiger partial charge in [-0.05, 0) is 103 Å². The third-order valence-corrected chi connectivity index (χ3v) is 9.69. The SMILES string of the molecule is C/C=C/CC/C=C/CC/C=C/C(O)C(CO)NC(=O)CCCCCCCCCCCCCC/C=C\C/C=C\C/C=C\C/C=C\C/C=C\C/C=C\C/C=C\C/C=C\CC. The maximum Gasteiger partial charge on any atom is 0.220 e. The molecule has 0 fully saturated rings. The zero-order valence-corrected chi connectivity index (χ0v) is 37.3. The summed E-state index contributed by atoms with van der Waals surface area (Å²) in [6, 6.07) is -0.652. The highest BCUT2D eigenvalue weighted by Gasteiger charge is 2.17. The highest BCUT2D eigenvalue weighted by atomic mass is 16.3. The van der Waals surface area contributed by atoms with E-state index in [2.05, 4.69) is 134 Å². The molecule has 0 aliphatic rings. The van der Waals surface area contributed by atoms with Crippen molar-refractivity contribution in [3.63, 3.8) is 0 Å². The summed E-state index contributed by atoms with van der Waals surface area (Å²) in [6.07, 6.45) is 76.0. The number of hydrogen-bond acceptors (Lipinski definition) is 3. The van der Waals surface area contributed by atoms with Gasteiger partial charge in [-0.25, -0.2) is 0 Å². The van der Waals surface area contributed by atoms with E-state index in [0.29, 0.717) is 6.42 Å². The van der Waals surface area contributed by atoms with Crippen LogP contribution in [0.25, 0.3) is 0 Å². The molecule has 58 heavy (non-hydrogen) atoms. The zero-order valence-electron chi connectivity index (χ0n) is 37.3. The van der Waals surface area contributed by atoms with Crippen molar-refractivity contribution in [2.45, 2.75) is 193 Å². The number of allylic oxidation sites excluding steroid dienone is 21. The Labute approximate surface area is 358 Å². The Morgan fingerprint density at radius 3 is 1.21 bits per heavy atom. The molecule has 0 heterocycles. The molecule has 0 aromatic heterocycles. The zero-order chi connectivity index (χ0) is 42.1. The highest BCUT2D eigenvalue weighted by molar-refractivity contribution is 5.76. The lowest BCUT2D eigenvalue weighted by Gasteiger charge is -2.19. The van der Waals surface area contributed by atoms with Crippen LogP contribution in [0, 0.1) is 0 Å². The number of rotatable bonds is 40. The molecule has 0 saturated carbocycles. The molecule has 0 radical (unpaired) electrons. The molecule has 0 aromatic carbocycles. The van der Waals surface area contributed by atoms with Crippen molar-refractivity contribution >= 4 is 5.91 Å². The molecule has 0 bridgehead atoms. The second-order valence-electron chi connectivity index (χ2n) is 15.1. The molecule has 326 valence electrons. The molecule has 0 aromatic rings. The number of nitrogens with one attached hydrogen (secondary N) is 1. The van der Waals surface area contributed by atoms with Crippen LogP contribution in [0.5, 0.6) is 0 Å². The lowest BCUT2D eigenvalue weighted by molar-refractivity contribution is -0.123. The van der Waals surface area contributed by atoms with Crippen LogP contribution < -0.4 is 5.32 Å². The number of carbonyl (C=O) groups excluding carboxylic acids is 1. The van der Waals surface area contributed by atoms with E-state index in [-0.39, 0.29) is 12.5 Å². The number of unbranched alkanes of at least 4 members (excludes halogenated alkanes) is 14. The van der Waals surface area contributed by atoms with Crippen LogP contribution >= 0.6 is 0 Å². The van der Waals surface area contributed by atoms with Crippen molar-refractivity contribution in [2.24, 2.45) is 0 Å². The highest BCUT2D eigenvalue weighted by Crippen LogP contribution is 2.13. The molecule has 2 atom stereocenters. The molecule has 3 N–H and O–H groups in total. The summed E-state index contributed by atoms with van der Waals surface area (Å²) in [4.78, 5) is 12.3. The lowest BCUT2D eigenvalue weighted by Crippen LogP contribution is -2.45. The maximum absolute atomic E-state index is 12.3. The molecule has 1 amide bonds. The molecule has 0 rings (SSSR count). The van der Waals surface area contributed by atoms with E-state index >= 15 is 0 Å². The van der Waals surface area contributed by atoms with Crippen LogP contribution in [-0.2, 0) is 4.79 Å². The van der Waals surface area contributed by atoms with Gasteiger partial charge in [0, 0.05) is 6.42 Å². The Morgan fingerprint density at radius 2 is 0.793 bits per heavy atom. The quantitative estimate of drug-likeness (QED) is 0.0427. The van der Waals surface area contributed by atoms with Gasteiger partial charge in [0.05, 0.1) is 18.8 Å². The first-order chi connectivity index (χ1) is 28.7. The molecule has 0 spiro atoms. The topological polar surface area (TPSA) is 69.6 Å². The summed E-state index contributed by atoms with van der Waals surface area (Å²) < 4.78 is 0. The summed E-state index contributed by atoms with van der Waals surface area (Å²) >= 11 is 0. The van der Waals surface area contributed by atoms with Crippen molar-refractivity contribution in [3.8, 4) is 0 Å². The van der Waals surface area contributed by atoms with Gasteiger partial charge >= 0.3 is 0 Å². The minimum atomic E-state index is -0.876. The average molecular weight is 798 g/mol. The van der Waals surface area contributed by atoms with Crippen molar-refractivity contribution in [1.82, 2.24) is 5.32 Å². The minimum absolute atomic E-state index is 0.0906. The first kappa shape index (κ1) is 54.5. The summed E-state index contributed by atoms with van der Waals surface area (Å²) in [5.41, 5.74) is 0. The van der Waals surface area contributed by atoms with E-state index in [0.717, 1.165) is 89.9 Å². The number of aliphatic hydroxyl groups excluding tert-OH is 2. The fourth-order valence-corrected chi connectivity index (χ4v) is 6.17. The lowest BCUT2D eigenvalue weighted by atomic mass is 10.0. The van der Waals surface area contributed by atoms with Crippen molar-refractivity contribution in [1.29, 1.82) is 0 Å². The van der Waals surface area contributed by atoms with Crippen LogP contribution in [0.3, 0.4) is 0 Å². The maximum atomic E-state index is 12.3. The van der Waals surface area contributed by atoms with E-state index in [1.807, 2.05) is 13.0 Å². The molecule has 0 aliphatic heterocycles. The first-order valence-electron chi connectivity index (χ1n) is 23.4. The molecule has 0 aliphatic carbocycles. The Kier molecular flexibility index (Phi) is 45.0. The monoisotopic (exact) mass is 798 g/mol. The Bertz CT molecular complexity index is 1220. The van der Waals surface area contributed by atoms with E-state index in [1.54, 1.807) is 6.08 Å². The Hall–Kier alpha value is -3.47. The van der Waals surface area contributed by atoms with E-state index < -0.39 is 12.1 Å². The van der Waals surface area contributed by atoms with Gasteiger partial charge in [-0.1, -0.05) is 205 Å². The molecular formula is C54H87NO3. The van der Waals surface area contributed by atoms with Gasteiger partial charge in [0.2, 0.25) is 5.91 Å². The predicted molar refractivity (Wildman–Crippen MR) is 257 cm³/mol. The standard InChI is InChI=1S/C54H87NO3/c1-3-5-7-9-11-13-14-15-16-17-18-19-20-21-22-23-24-25-26-27-28-29-30-31-32-33-34-35-36-37-38-39-40-42-44-46-48-50-54(58)55-52(51-56)53(57)49-47-45-43-41-12-10-8-6-4-2/h4-7,11-13,15-16,18-19,21-22,24-25,27-28,30-31,41,47,49,52-53,56-57H,3,8-10,14,17,20,23,26,29,32-40,42-46,48,50-51H2,1-2H3,(H,55,58)/b6-4+,7-5-,13-11-,16-15-,19-18-,22-21-,25-24-,28-27-,31-30-,41-12+,49-47+. The molecule has 2 unspecified atom stereocenters. The van der Waals surface area contributed by atoms with Crippen molar-refractivity contribution in [2.75, 3.05) is 6.61 Å². The summed E-state index contributed by atoms with van der Waals surface area (Å²) in [7, 11) is 0. The number of carbonyl (C=O) groups is 1. The summed E-state index contributed by atoms with van der Waals surface area (Å²) in [6.45, 7) is 3.92. The van der Waals surface area contributed by atoms with Crippen molar-refractivity contribution in [3.05, 3.63) is 134 Å². The fourth-order valence-electron chi connectivity index (χ4n) is 6.17. The number of amides is 1. The van der Waals surface area contributed by atoms with Gasteiger partial charge in [-0.3, -0.25) is 4.79 Å². The molecule has 4 heteroatoms. The van der Waals surface area contributed by atoms with E-state index in [1.165, 1.54) is 70.6 Å². The predicted octanol–water partition coefficient (Wildman–Crippen LogP) is 15.1. The summed E-state index contributed by atoms with van der Waals surface area (Å²) in [5, 5.41) is 22.8. The second-order valence-corrected chi connectivity index (χ2v) is 15.1. The van der Waals surface area contributed by atoms with E-state index in [9.17, 15) is 15.0 Å². The Morgan fingerprint density at radius 1 is 0.448 bits per heavy atom. The van der Waals surface area contributed by atoms with Crippen LogP contribution in [0.2, 0.25) is 0 Å². The van der Waals surface area contributed by atoms with Gasteiger partial charge in [0.25, 0.3) is 0 Å². The largest absolute Gasteiger partial charge is 0.394 e. The molecule has 4 nitrogen and oxygen atoms in total. The van der Waals surface area contributed by atoms with Gasteiger partial charge in [0.1, 0.15) is 0 Å². The smallest absolute Gasteiger partial charge is 0.220 e. The van der Waals surface area contributed by atoms with Gasteiger partial charge in [-0.15, -0.1) is 0 Å². The first-order valence-corrected chi connectivity index (χ1v) is 23.4. The normalized spacial score (nSPS) is 14.2. The average Bonchev–Trinajstić information content (AvgIpc) is 3.23. The molecular weight excluding hydrogens is 711 g/mol. The van der Waals surface area contributed by atoms with Gasteiger partial charge in [-0.2, -0.15) is 0 Å². The third-order valence-electron chi connectivity index (χ3n) is 9.69. The number of aliphatic hydroxyl groups is 2. The summed E-state index contributed by atoms with van der Waals surface area (Å²) in [5.74, 6) is -0.0906. The van der Waals surface area contributed by atoms with Gasteiger partial charge < -0.3 is 15.5 Å². The van der Waals surface area contributed by atoms with Crippen LogP contribution in [0.1, 0.15) is 181 Å². The van der Waals surface area contributed by atoms with Crippen LogP contribution in [0.15, 0.2) is 134 Å². The second kappa shape index (κ2) is 47.9.